The topological polar surface area (TPSA) is 119 Å². The van der Waals surface area contributed by atoms with Crippen LogP contribution < -0.4 is 15.8 Å². The van der Waals surface area contributed by atoms with Crippen LogP contribution in [-0.4, -0.2) is 56.7 Å². The van der Waals surface area contributed by atoms with Crippen molar-refractivity contribution in [2.45, 2.75) is 63.4 Å². The molecule has 12 heteroatoms. The summed E-state index contributed by atoms with van der Waals surface area (Å²) in [7, 11) is 0. The molecule has 0 aromatic carbocycles. The smallest absolute Gasteiger partial charge is 0.391 e. The first kappa shape index (κ1) is 22.5. The number of nitrogens with one attached hydrogen (secondary N) is 1. The zero-order valence-corrected chi connectivity index (χ0v) is 18.3. The van der Waals surface area contributed by atoms with Crippen LogP contribution in [0, 0.1) is 11.3 Å². The molecule has 0 bridgehead atoms. The first-order valence-electron chi connectivity index (χ1n) is 11.1. The van der Waals surface area contributed by atoms with E-state index in [1.807, 2.05) is 0 Å². The summed E-state index contributed by atoms with van der Waals surface area (Å²) in [5, 5.41) is 6.70. The van der Waals surface area contributed by atoms with Crippen LogP contribution in [0.1, 0.15) is 49.4 Å². The van der Waals surface area contributed by atoms with E-state index in [4.69, 9.17) is 10.5 Å². The maximum Gasteiger partial charge on any atom is 0.391 e. The number of hydrogen-bond acceptors (Lipinski definition) is 5. The number of alkyl halides is 3. The van der Waals surface area contributed by atoms with Gasteiger partial charge in [0.2, 0.25) is 5.88 Å². The van der Waals surface area contributed by atoms with Crippen LogP contribution in [0.4, 0.5) is 18.0 Å². The number of halogens is 3. The van der Waals surface area contributed by atoms with Gasteiger partial charge >= 0.3 is 12.2 Å². The Labute approximate surface area is 192 Å². The summed E-state index contributed by atoms with van der Waals surface area (Å²) >= 11 is 0. The molecular weight excluding hydrogens is 455 g/mol. The standard InChI is InChI=1S/C22H24F3N5O4/c1-11(22(23,24)25)6-14-19(32)30(20(33)27-14)12-7-21(8-12)9-13(10-21)34-18-16(17(26)31)15-4-2-3-5-29(15)28-18/h2-5,11-14H,6-10H2,1H3,(H2,26,31)(H,27,33)/t11?,12?,13?,14-,21?/m0/s1. The van der Waals surface area contributed by atoms with Gasteiger partial charge in [0, 0.05) is 12.2 Å². The van der Waals surface area contributed by atoms with Crippen molar-refractivity contribution < 1.29 is 32.3 Å². The van der Waals surface area contributed by atoms with Crippen molar-refractivity contribution in [1.29, 1.82) is 0 Å². The molecule has 9 nitrogen and oxygen atoms in total. The number of amides is 4. The van der Waals surface area contributed by atoms with Gasteiger partial charge in [-0.05, 0) is 49.7 Å². The predicted octanol–water partition coefficient (Wildman–Crippen LogP) is 2.63. The zero-order valence-electron chi connectivity index (χ0n) is 18.3. The molecule has 1 aliphatic heterocycles. The van der Waals surface area contributed by atoms with Gasteiger partial charge in [-0.15, -0.1) is 5.10 Å². The number of carbonyl (C=O) groups excluding carboxylic acids is 3. The quantitative estimate of drug-likeness (QED) is 0.618. The summed E-state index contributed by atoms with van der Waals surface area (Å²) in [4.78, 5) is 37.9. The molecule has 2 aliphatic carbocycles. The molecule has 4 amide bonds. The highest BCUT2D eigenvalue weighted by molar-refractivity contribution is 6.04. The number of ether oxygens (including phenoxy) is 1. The van der Waals surface area contributed by atoms with Gasteiger partial charge in [-0.2, -0.15) is 13.2 Å². The molecule has 1 saturated heterocycles. The van der Waals surface area contributed by atoms with Gasteiger partial charge < -0.3 is 15.8 Å². The van der Waals surface area contributed by atoms with E-state index in [9.17, 15) is 27.6 Å². The van der Waals surface area contributed by atoms with Crippen LogP contribution in [-0.2, 0) is 4.79 Å². The van der Waals surface area contributed by atoms with E-state index in [1.165, 1.54) is 4.52 Å². The van der Waals surface area contributed by atoms with Gasteiger partial charge in [-0.1, -0.05) is 13.0 Å². The molecule has 2 saturated carbocycles. The van der Waals surface area contributed by atoms with Crippen molar-refractivity contribution in [1.82, 2.24) is 19.8 Å². The normalized spacial score (nSPS) is 29.6. The largest absolute Gasteiger partial charge is 0.473 e. The fourth-order valence-electron chi connectivity index (χ4n) is 5.44. The minimum absolute atomic E-state index is 0.0979. The van der Waals surface area contributed by atoms with Crippen molar-refractivity contribution >= 4 is 23.4 Å². The number of nitrogens with two attached hydrogens (primary N) is 1. The molecule has 3 N–H and O–H groups in total. The number of primary amides is 1. The van der Waals surface area contributed by atoms with Crippen LogP contribution in [0.25, 0.3) is 5.52 Å². The van der Waals surface area contributed by atoms with Crippen LogP contribution in [0.5, 0.6) is 5.88 Å². The van der Waals surface area contributed by atoms with E-state index < -0.39 is 42.4 Å². The molecule has 2 atom stereocenters. The maximum absolute atomic E-state index is 12.9. The van der Waals surface area contributed by atoms with Crippen LogP contribution in [0.15, 0.2) is 24.4 Å². The lowest BCUT2D eigenvalue weighted by atomic mass is 9.52. The van der Waals surface area contributed by atoms with Crippen molar-refractivity contribution in [3.8, 4) is 5.88 Å². The highest BCUT2D eigenvalue weighted by Crippen LogP contribution is 2.58. The number of rotatable bonds is 6. The Hall–Kier alpha value is -3.31. The van der Waals surface area contributed by atoms with E-state index >= 15 is 0 Å². The fourth-order valence-corrected chi connectivity index (χ4v) is 5.44. The lowest BCUT2D eigenvalue weighted by Gasteiger charge is -2.58. The fraction of sp³-hybridized carbons (Fsp3) is 0.545. The first-order valence-corrected chi connectivity index (χ1v) is 11.1. The Morgan fingerprint density at radius 1 is 1.29 bits per heavy atom. The van der Waals surface area contributed by atoms with Gasteiger partial charge in [0.15, 0.2) is 0 Å². The molecule has 3 fully saturated rings. The Bertz CT molecular complexity index is 1160. The van der Waals surface area contributed by atoms with Crippen molar-refractivity contribution in [2.75, 3.05) is 0 Å². The second kappa shape index (κ2) is 7.60. The van der Waals surface area contributed by atoms with Gasteiger partial charge in [-0.3, -0.25) is 14.5 Å². The zero-order chi connectivity index (χ0) is 24.4. The van der Waals surface area contributed by atoms with Crippen molar-refractivity contribution in [3.63, 3.8) is 0 Å². The molecule has 34 heavy (non-hydrogen) atoms. The van der Waals surface area contributed by atoms with Gasteiger partial charge in [0.05, 0.1) is 11.4 Å². The molecule has 2 aromatic heterocycles. The SMILES string of the molecule is CC(C[C@@H]1NC(=O)N(C2CC3(CC(Oc4nn5ccccc5c4C(N)=O)C3)C2)C1=O)C(F)(F)F. The van der Waals surface area contributed by atoms with Gasteiger partial charge in [0.1, 0.15) is 17.7 Å². The number of nitrogens with zero attached hydrogens (tertiary/aromatic N) is 3. The summed E-state index contributed by atoms with van der Waals surface area (Å²) in [6, 6.07) is 3.14. The molecule has 5 rings (SSSR count). The third-order valence-corrected chi connectivity index (χ3v) is 7.26. The number of urea groups is 1. The highest BCUT2D eigenvalue weighted by atomic mass is 19.4. The minimum atomic E-state index is -4.42. The van der Waals surface area contributed by atoms with E-state index in [-0.39, 0.29) is 29.0 Å². The molecule has 0 radical (unpaired) electrons. The minimum Gasteiger partial charge on any atom is -0.473 e. The number of aromatic nitrogens is 2. The number of fused-ring (bicyclic) bond motifs is 1. The average molecular weight is 479 g/mol. The van der Waals surface area contributed by atoms with E-state index in [2.05, 4.69) is 10.4 Å². The lowest BCUT2D eigenvalue weighted by Crippen LogP contribution is -2.60. The summed E-state index contributed by atoms with van der Waals surface area (Å²) in [6.07, 6.45) is -0.930. The molecule has 182 valence electrons. The number of carbonyl (C=O) groups is 3. The van der Waals surface area contributed by atoms with Crippen LogP contribution in [0.2, 0.25) is 0 Å². The van der Waals surface area contributed by atoms with E-state index in [0.29, 0.717) is 31.2 Å². The number of pyridine rings is 1. The summed E-state index contributed by atoms with van der Waals surface area (Å²) in [6.45, 7) is 1.00. The Morgan fingerprint density at radius 3 is 2.65 bits per heavy atom. The first-order chi connectivity index (χ1) is 16.0. The maximum atomic E-state index is 12.9. The number of imide groups is 1. The number of hydrogen-bond donors (Lipinski definition) is 2. The molecule has 1 unspecified atom stereocenters. The summed E-state index contributed by atoms with van der Waals surface area (Å²) < 4.78 is 46.0. The van der Waals surface area contributed by atoms with Gasteiger partial charge in [0.25, 0.3) is 11.8 Å². The predicted molar refractivity (Wildman–Crippen MR) is 112 cm³/mol. The second-order valence-corrected chi connectivity index (χ2v) is 9.67. The molecular formula is C22H24F3N5O4. The lowest BCUT2D eigenvalue weighted by molar-refractivity contribution is -0.173. The second-order valence-electron chi connectivity index (χ2n) is 9.67. The molecule has 1 spiro atoms. The summed E-state index contributed by atoms with van der Waals surface area (Å²) in [5.74, 6) is -2.75. The third-order valence-electron chi connectivity index (χ3n) is 7.26. The summed E-state index contributed by atoms with van der Waals surface area (Å²) in [5.41, 5.74) is 6.19. The van der Waals surface area contributed by atoms with E-state index in [1.54, 1.807) is 24.4 Å². The van der Waals surface area contributed by atoms with Crippen LogP contribution in [0.3, 0.4) is 0 Å². The Balaban J connectivity index is 1.18. The van der Waals surface area contributed by atoms with Gasteiger partial charge in [-0.25, -0.2) is 9.31 Å². The monoisotopic (exact) mass is 479 g/mol. The Morgan fingerprint density at radius 2 is 2.00 bits per heavy atom. The van der Waals surface area contributed by atoms with Crippen molar-refractivity contribution in [2.24, 2.45) is 17.1 Å². The average Bonchev–Trinajstić information content (AvgIpc) is 3.19. The molecule has 3 heterocycles. The van der Waals surface area contributed by atoms with Crippen LogP contribution >= 0.6 is 0 Å². The third kappa shape index (κ3) is 3.64. The van der Waals surface area contributed by atoms with E-state index in [0.717, 1.165) is 11.8 Å². The molecule has 3 aliphatic rings. The highest BCUT2D eigenvalue weighted by Gasteiger charge is 2.59. The molecule has 2 aromatic rings. The Kier molecular flexibility index (Phi) is 5.03. The van der Waals surface area contributed by atoms with Crippen molar-refractivity contribution in [3.05, 3.63) is 30.0 Å².